The summed E-state index contributed by atoms with van der Waals surface area (Å²) >= 11 is 1.95. The van der Waals surface area contributed by atoms with Crippen LogP contribution in [0, 0.1) is 3.57 Å². The Morgan fingerprint density at radius 1 is 1.33 bits per heavy atom. The zero-order chi connectivity index (χ0) is 15.8. The van der Waals surface area contributed by atoms with Crippen LogP contribution in [0.25, 0.3) is 5.82 Å². The van der Waals surface area contributed by atoms with Crippen LogP contribution in [0.3, 0.4) is 0 Å². The molecular weight excluding hydrogens is 422 g/mol. The summed E-state index contributed by atoms with van der Waals surface area (Å²) in [4.78, 5) is 3.15. The molecule has 5 nitrogen and oxygen atoms in total. The second-order valence-electron chi connectivity index (χ2n) is 4.05. The Bertz CT molecular complexity index is 771. The van der Waals surface area contributed by atoms with Crippen molar-refractivity contribution in [1.29, 1.82) is 0 Å². The highest BCUT2D eigenvalue weighted by atomic mass is 127. The van der Waals surface area contributed by atoms with Crippen LogP contribution in [0.4, 0.5) is 13.2 Å². The number of rotatable bonds is 3. The highest BCUT2D eigenvalue weighted by Gasteiger charge is 2.33. The molecule has 0 saturated heterocycles. The van der Waals surface area contributed by atoms with Crippen LogP contribution in [-0.4, -0.2) is 28.9 Å². The molecule has 0 aliphatic carbocycles. The minimum Gasteiger partial charge on any atom is -0.235 e. The summed E-state index contributed by atoms with van der Waals surface area (Å²) in [7, 11) is -3.88. The van der Waals surface area contributed by atoms with Crippen molar-refractivity contribution in [2.75, 3.05) is 5.75 Å². The quantitative estimate of drug-likeness (QED) is 0.702. The van der Waals surface area contributed by atoms with Gasteiger partial charge in [-0.25, -0.2) is 18.1 Å². The van der Waals surface area contributed by atoms with E-state index in [0.29, 0.717) is 15.8 Å². The molecule has 0 radical (unpaired) electrons. The maximum atomic E-state index is 12.7. The lowest BCUT2D eigenvalue weighted by Gasteiger charge is -2.12. The molecular formula is C11H9F3IN3O2S. The topological polar surface area (TPSA) is 64.8 Å². The van der Waals surface area contributed by atoms with Crippen molar-refractivity contribution in [3.63, 3.8) is 0 Å². The number of aromatic nitrogens is 3. The molecule has 0 aromatic carbocycles. The molecule has 0 bridgehead atoms. The molecule has 114 valence electrons. The smallest absolute Gasteiger partial charge is 0.235 e. The molecule has 2 rings (SSSR count). The molecule has 0 N–H and O–H groups in total. The van der Waals surface area contributed by atoms with Crippen LogP contribution < -0.4 is 0 Å². The largest absolute Gasteiger partial charge is 0.417 e. The molecule has 0 aliphatic heterocycles. The number of hydrogen-bond acceptors (Lipinski definition) is 4. The van der Waals surface area contributed by atoms with Gasteiger partial charge in [0.2, 0.25) is 0 Å². The van der Waals surface area contributed by atoms with Gasteiger partial charge in [-0.3, -0.25) is 0 Å². The van der Waals surface area contributed by atoms with Crippen molar-refractivity contribution in [3.05, 3.63) is 33.8 Å². The third-order valence-electron chi connectivity index (χ3n) is 2.64. The minimum absolute atomic E-state index is 0.146. The van der Waals surface area contributed by atoms with E-state index in [4.69, 9.17) is 0 Å². The van der Waals surface area contributed by atoms with E-state index in [0.717, 1.165) is 4.68 Å². The predicted octanol–water partition coefficient (Wildman–Crippen LogP) is 2.68. The van der Waals surface area contributed by atoms with Crippen molar-refractivity contribution in [3.8, 4) is 5.82 Å². The van der Waals surface area contributed by atoms with Crippen molar-refractivity contribution < 1.29 is 21.6 Å². The number of sulfone groups is 1. The molecule has 21 heavy (non-hydrogen) atoms. The van der Waals surface area contributed by atoms with E-state index in [-0.39, 0.29) is 11.6 Å². The first kappa shape index (κ1) is 16.2. The third-order valence-corrected chi connectivity index (χ3v) is 4.93. The van der Waals surface area contributed by atoms with Gasteiger partial charge in [0.1, 0.15) is 4.90 Å². The van der Waals surface area contributed by atoms with Crippen LogP contribution in [-0.2, 0) is 16.0 Å². The Morgan fingerprint density at radius 3 is 2.48 bits per heavy atom. The maximum Gasteiger partial charge on any atom is 0.417 e. The van der Waals surface area contributed by atoms with Gasteiger partial charge < -0.3 is 0 Å². The normalized spacial score (nSPS) is 12.6. The molecule has 10 heteroatoms. The van der Waals surface area contributed by atoms with E-state index in [1.54, 1.807) is 0 Å². The zero-order valence-corrected chi connectivity index (χ0v) is 13.6. The average molecular weight is 431 g/mol. The van der Waals surface area contributed by atoms with E-state index in [2.05, 4.69) is 10.1 Å². The first-order valence-corrected chi connectivity index (χ1v) is 8.39. The lowest BCUT2D eigenvalue weighted by Crippen LogP contribution is -2.14. The fourth-order valence-electron chi connectivity index (χ4n) is 1.57. The van der Waals surface area contributed by atoms with Gasteiger partial charge >= 0.3 is 6.18 Å². The number of halogens is 4. The fraction of sp³-hybridized carbons (Fsp3) is 0.273. The van der Waals surface area contributed by atoms with Gasteiger partial charge in [-0.2, -0.15) is 18.3 Å². The van der Waals surface area contributed by atoms with E-state index < -0.39 is 26.5 Å². The second kappa shape index (κ2) is 5.55. The Morgan fingerprint density at radius 2 is 2.00 bits per heavy atom. The van der Waals surface area contributed by atoms with Gasteiger partial charge in [0.15, 0.2) is 15.7 Å². The van der Waals surface area contributed by atoms with Gasteiger partial charge in [0, 0.05) is 12.4 Å². The summed E-state index contributed by atoms with van der Waals surface area (Å²) in [6.45, 7) is 1.35. The van der Waals surface area contributed by atoms with Crippen LogP contribution >= 0.6 is 22.6 Å². The standard InChI is InChI=1S/C11H9F3IN3O2S/c1-2-21(19,20)9-3-7(11(12,13)14)4-16-10(9)18-6-8(15)5-17-18/h3-6H,2H2,1H3. The van der Waals surface area contributed by atoms with Gasteiger partial charge in [0.05, 0.1) is 21.1 Å². The SMILES string of the molecule is CCS(=O)(=O)c1cc(C(F)(F)F)cnc1-n1cc(I)cn1. The molecule has 0 fully saturated rings. The number of hydrogen-bond donors (Lipinski definition) is 0. The monoisotopic (exact) mass is 431 g/mol. The van der Waals surface area contributed by atoms with Gasteiger partial charge in [-0.05, 0) is 28.7 Å². The van der Waals surface area contributed by atoms with Gasteiger partial charge in [0.25, 0.3) is 0 Å². The van der Waals surface area contributed by atoms with Crippen molar-refractivity contribution in [2.45, 2.75) is 18.0 Å². The molecule has 0 atom stereocenters. The predicted molar refractivity (Wildman–Crippen MR) is 76.8 cm³/mol. The average Bonchev–Trinajstić information content (AvgIpc) is 2.83. The number of alkyl halides is 3. The molecule has 0 unspecified atom stereocenters. The Kier molecular flexibility index (Phi) is 4.29. The van der Waals surface area contributed by atoms with E-state index in [1.165, 1.54) is 19.3 Å². The van der Waals surface area contributed by atoms with Crippen LogP contribution in [0.15, 0.2) is 29.6 Å². The highest BCUT2D eigenvalue weighted by Crippen LogP contribution is 2.32. The van der Waals surface area contributed by atoms with Crippen LogP contribution in [0.1, 0.15) is 12.5 Å². The number of pyridine rings is 1. The van der Waals surface area contributed by atoms with Crippen molar-refractivity contribution >= 4 is 32.4 Å². The minimum atomic E-state index is -4.66. The van der Waals surface area contributed by atoms with Crippen LogP contribution in [0.5, 0.6) is 0 Å². The van der Waals surface area contributed by atoms with Crippen molar-refractivity contribution in [2.24, 2.45) is 0 Å². The molecule has 2 aromatic heterocycles. The fourth-order valence-corrected chi connectivity index (χ4v) is 3.00. The molecule has 0 amide bonds. The van der Waals surface area contributed by atoms with E-state index in [9.17, 15) is 21.6 Å². The van der Waals surface area contributed by atoms with Gasteiger partial charge in [-0.1, -0.05) is 6.92 Å². The first-order valence-electron chi connectivity index (χ1n) is 5.65. The summed E-state index contributed by atoms with van der Waals surface area (Å²) < 4.78 is 64.1. The van der Waals surface area contributed by atoms with Crippen LogP contribution in [0.2, 0.25) is 0 Å². The molecule has 0 saturated carbocycles. The highest BCUT2D eigenvalue weighted by molar-refractivity contribution is 14.1. The zero-order valence-electron chi connectivity index (χ0n) is 10.6. The lowest BCUT2D eigenvalue weighted by molar-refractivity contribution is -0.138. The number of nitrogens with zero attached hydrogens (tertiary/aromatic N) is 3. The summed E-state index contributed by atoms with van der Waals surface area (Å²) in [5, 5.41) is 3.89. The molecule has 0 spiro atoms. The third kappa shape index (κ3) is 3.36. The Balaban J connectivity index is 2.72. The van der Waals surface area contributed by atoms with Gasteiger partial charge in [-0.15, -0.1) is 0 Å². The van der Waals surface area contributed by atoms with E-state index in [1.807, 2.05) is 22.6 Å². The van der Waals surface area contributed by atoms with Crippen molar-refractivity contribution in [1.82, 2.24) is 14.8 Å². The Labute approximate surface area is 132 Å². The molecule has 2 aromatic rings. The summed E-state index contributed by atoms with van der Waals surface area (Å²) in [5.74, 6) is -0.478. The summed E-state index contributed by atoms with van der Waals surface area (Å²) in [6.07, 6.45) is -1.15. The molecule has 2 heterocycles. The second-order valence-corrected chi connectivity index (χ2v) is 7.54. The molecule has 0 aliphatic rings. The first-order chi connectivity index (χ1) is 9.65. The Hall–Kier alpha value is -1.17. The summed E-state index contributed by atoms with van der Waals surface area (Å²) in [5.41, 5.74) is -1.11. The lowest BCUT2D eigenvalue weighted by atomic mass is 10.3. The maximum absolute atomic E-state index is 12.7. The van der Waals surface area contributed by atoms with E-state index >= 15 is 0 Å². The summed E-state index contributed by atoms with van der Waals surface area (Å²) in [6, 6.07) is 0.593.